The van der Waals surface area contributed by atoms with E-state index in [0.717, 1.165) is 5.52 Å². The summed E-state index contributed by atoms with van der Waals surface area (Å²) in [7, 11) is 0. The van der Waals surface area contributed by atoms with Crippen molar-refractivity contribution in [3.05, 3.63) is 35.7 Å². The molecule has 0 bridgehead atoms. The summed E-state index contributed by atoms with van der Waals surface area (Å²) in [5.41, 5.74) is 2.75. The molecule has 0 N–H and O–H groups in total. The summed E-state index contributed by atoms with van der Waals surface area (Å²) in [4.78, 5) is 0. The fraction of sp³-hybridized carbons (Fsp3) is 0.273. The lowest BCUT2D eigenvalue weighted by atomic mass is 10.0. The third-order valence-electron chi connectivity index (χ3n) is 2.33. The normalized spacial score (nSPS) is 10.7. The van der Waals surface area contributed by atoms with Gasteiger partial charge in [-0.15, -0.1) is 0 Å². The second kappa shape index (κ2) is 3.15. The Morgan fingerprint density at radius 2 is 2.29 bits per heavy atom. The summed E-state index contributed by atoms with van der Waals surface area (Å²) in [5.74, 6) is 0.474. The van der Waals surface area contributed by atoms with E-state index in [9.17, 15) is 0 Å². The Labute approximate surface area is 82.6 Å². The summed E-state index contributed by atoms with van der Waals surface area (Å²) in [6, 6.07) is 6.19. The van der Waals surface area contributed by atoms with Gasteiger partial charge in [-0.3, -0.25) is 0 Å². The molecule has 0 unspecified atom stereocenters. The molecule has 3 nitrogen and oxygen atoms in total. The molecule has 2 aromatic rings. The lowest BCUT2D eigenvalue weighted by Crippen LogP contribution is -1.91. The second-order valence-corrected chi connectivity index (χ2v) is 3.61. The van der Waals surface area contributed by atoms with Crippen LogP contribution in [0, 0.1) is 11.3 Å². The van der Waals surface area contributed by atoms with E-state index in [1.54, 1.807) is 10.7 Å². The lowest BCUT2D eigenvalue weighted by molar-refractivity contribution is 0.855. The fourth-order valence-electron chi connectivity index (χ4n) is 1.44. The standard InChI is InChI=1S/C11H11N3/c1-8(2)9-3-4-14-11(5-9)10(6-12)7-13-14/h3-5,7-8H,1-2H3. The minimum absolute atomic E-state index is 0.474. The molecular formula is C11H11N3. The molecule has 0 aliphatic rings. The minimum Gasteiger partial charge on any atom is -0.240 e. The molecule has 0 atom stereocenters. The zero-order chi connectivity index (χ0) is 10.1. The largest absolute Gasteiger partial charge is 0.240 e. The number of nitrogens with zero attached hydrogens (tertiary/aromatic N) is 3. The molecule has 2 aromatic heterocycles. The van der Waals surface area contributed by atoms with Gasteiger partial charge >= 0.3 is 0 Å². The van der Waals surface area contributed by atoms with Crippen LogP contribution in [-0.4, -0.2) is 9.61 Å². The first-order chi connectivity index (χ1) is 6.72. The van der Waals surface area contributed by atoms with E-state index in [1.807, 2.05) is 18.3 Å². The van der Waals surface area contributed by atoms with Crippen molar-refractivity contribution >= 4 is 5.52 Å². The van der Waals surface area contributed by atoms with E-state index >= 15 is 0 Å². The van der Waals surface area contributed by atoms with Gasteiger partial charge in [-0.25, -0.2) is 4.52 Å². The summed E-state index contributed by atoms with van der Waals surface area (Å²) in [6.07, 6.45) is 3.49. The Balaban J connectivity index is 2.69. The Morgan fingerprint density at radius 3 is 2.93 bits per heavy atom. The molecule has 0 saturated heterocycles. The molecule has 0 aromatic carbocycles. The van der Waals surface area contributed by atoms with Crippen LogP contribution in [-0.2, 0) is 0 Å². The third kappa shape index (κ3) is 1.25. The number of rotatable bonds is 1. The maximum Gasteiger partial charge on any atom is 0.103 e. The van der Waals surface area contributed by atoms with Crippen molar-refractivity contribution in [1.82, 2.24) is 9.61 Å². The van der Waals surface area contributed by atoms with E-state index < -0.39 is 0 Å². The lowest BCUT2D eigenvalue weighted by Gasteiger charge is -2.04. The molecule has 3 heteroatoms. The topological polar surface area (TPSA) is 41.1 Å². The number of fused-ring (bicyclic) bond motifs is 1. The highest BCUT2D eigenvalue weighted by atomic mass is 15.2. The highest BCUT2D eigenvalue weighted by Crippen LogP contribution is 2.18. The van der Waals surface area contributed by atoms with Crippen LogP contribution >= 0.6 is 0 Å². The van der Waals surface area contributed by atoms with Gasteiger partial charge in [-0.2, -0.15) is 10.4 Å². The van der Waals surface area contributed by atoms with Crippen molar-refractivity contribution < 1.29 is 0 Å². The Bertz CT molecular complexity index is 503. The smallest absolute Gasteiger partial charge is 0.103 e. The summed E-state index contributed by atoms with van der Waals surface area (Å²) in [6.45, 7) is 4.27. The average Bonchev–Trinajstić information content (AvgIpc) is 2.59. The van der Waals surface area contributed by atoms with Crippen molar-refractivity contribution in [3.63, 3.8) is 0 Å². The van der Waals surface area contributed by atoms with Gasteiger partial charge in [0, 0.05) is 6.20 Å². The molecule has 0 saturated carbocycles. The van der Waals surface area contributed by atoms with Crippen LogP contribution in [0.3, 0.4) is 0 Å². The van der Waals surface area contributed by atoms with Crippen LogP contribution in [0.4, 0.5) is 0 Å². The number of hydrogen-bond acceptors (Lipinski definition) is 2. The van der Waals surface area contributed by atoms with Crippen molar-refractivity contribution in [1.29, 1.82) is 5.26 Å². The van der Waals surface area contributed by atoms with Crippen LogP contribution in [0.5, 0.6) is 0 Å². The van der Waals surface area contributed by atoms with Crippen LogP contribution in [0.1, 0.15) is 30.9 Å². The highest BCUT2D eigenvalue weighted by Gasteiger charge is 2.05. The first-order valence-electron chi connectivity index (χ1n) is 4.60. The zero-order valence-corrected chi connectivity index (χ0v) is 8.23. The summed E-state index contributed by atoms with van der Waals surface area (Å²) >= 11 is 0. The Morgan fingerprint density at radius 1 is 1.50 bits per heavy atom. The maximum absolute atomic E-state index is 8.85. The van der Waals surface area contributed by atoms with Crippen molar-refractivity contribution in [2.24, 2.45) is 0 Å². The fourth-order valence-corrected chi connectivity index (χ4v) is 1.44. The van der Waals surface area contributed by atoms with E-state index in [4.69, 9.17) is 5.26 Å². The van der Waals surface area contributed by atoms with Crippen LogP contribution in [0.25, 0.3) is 5.52 Å². The molecule has 14 heavy (non-hydrogen) atoms. The second-order valence-electron chi connectivity index (χ2n) is 3.61. The van der Waals surface area contributed by atoms with Crippen molar-refractivity contribution in [2.75, 3.05) is 0 Å². The number of aromatic nitrogens is 2. The molecule has 0 aliphatic carbocycles. The monoisotopic (exact) mass is 185 g/mol. The van der Waals surface area contributed by atoms with Crippen LogP contribution in [0.2, 0.25) is 0 Å². The third-order valence-corrected chi connectivity index (χ3v) is 2.33. The van der Waals surface area contributed by atoms with E-state index in [2.05, 4.69) is 25.0 Å². The van der Waals surface area contributed by atoms with Crippen molar-refractivity contribution in [2.45, 2.75) is 19.8 Å². The maximum atomic E-state index is 8.85. The Kier molecular flexibility index (Phi) is 1.97. The molecule has 0 fully saturated rings. The van der Waals surface area contributed by atoms with Gasteiger partial charge in [-0.05, 0) is 23.6 Å². The van der Waals surface area contributed by atoms with Gasteiger partial charge in [0.1, 0.15) is 6.07 Å². The Hall–Kier alpha value is -1.82. The number of hydrogen-bond donors (Lipinski definition) is 0. The number of pyridine rings is 1. The number of nitriles is 1. The van der Waals surface area contributed by atoms with E-state index in [0.29, 0.717) is 11.5 Å². The van der Waals surface area contributed by atoms with Crippen molar-refractivity contribution in [3.8, 4) is 6.07 Å². The molecular weight excluding hydrogens is 174 g/mol. The van der Waals surface area contributed by atoms with Gasteiger partial charge in [0.25, 0.3) is 0 Å². The summed E-state index contributed by atoms with van der Waals surface area (Å²) < 4.78 is 1.73. The van der Waals surface area contributed by atoms with Crippen LogP contribution < -0.4 is 0 Å². The quantitative estimate of drug-likeness (QED) is 0.684. The predicted molar refractivity (Wildman–Crippen MR) is 54.0 cm³/mol. The van der Waals surface area contributed by atoms with Gasteiger partial charge in [0.05, 0.1) is 17.3 Å². The SMILES string of the molecule is CC(C)c1ccn2ncc(C#N)c2c1. The molecule has 0 spiro atoms. The van der Waals surface area contributed by atoms with Gasteiger partial charge in [0.15, 0.2) is 0 Å². The molecule has 0 radical (unpaired) electrons. The van der Waals surface area contributed by atoms with Gasteiger partial charge < -0.3 is 0 Å². The van der Waals surface area contributed by atoms with Crippen LogP contribution in [0.15, 0.2) is 24.5 Å². The predicted octanol–water partition coefficient (Wildman–Crippen LogP) is 2.33. The molecule has 0 aliphatic heterocycles. The van der Waals surface area contributed by atoms with Gasteiger partial charge in [0.2, 0.25) is 0 Å². The molecule has 0 amide bonds. The van der Waals surface area contributed by atoms with E-state index in [-0.39, 0.29) is 0 Å². The highest BCUT2D eigenvalue weighted by molar-refractivity contribution is 5.60. The summed E-state index contributed by atoms with van der Waals surface area (Å²) in [5, 5.41) is 12.9. The minimum atomic E-state index is 0.474. The molecule has 2 heterocycles. The first-order valence-corrected chi connectivity index (χ1v) is 4.60. The average molecular weight is 185 g/mol. The zero-order valence-electron chi connectivity index (χ0n) is 8.23. The van der Waals surface area contributed by atoms with Gasteiger partial charge in [-0.1, -0.05) is 13.8 Å². The first kappa shape index (κ1) is 8.76. The van der Waals surface area contributed by atoms with E-state index in [1.165, 1.54) is 5.56 Å². The molecule has 2 rings (SSSR count). The molecule has 70 valence electrons.